The van der Waals surface area contributed by atoms with Crippen molar-refractivity contribution in [3.63, 3.8) is 0 Å². The van der Waals surface area contributed by atoms with Gasteiger partial charge in [-0.25, -0.2) is 4.98 Å². The lowest BCUT2D eigenvalue weighted by Crippen LogP contribution is -2.16. The summed E-state index contributed by atoms with van der Waals surface area (Å²) in [5.74, 6) is 0.961. The van der Waals surface area contributed by atoms with E-state index in [1.807, 2.05) is 6.07 Å². The van der Waals surface area contributed by atoms with Gasteiger partial charge in [0.15, 0.2) is 0 Å². The Labute approximate surface area is 367 Å². The fourth-order valence-corrected chi connectivity index (χ4v) is 9.81. The van der Waals surface area contributed by atoms with Crippen LogP contribution in [0.1, 0.15) is 39.9 Å². The molecule has 63 heavy (non-hydrogen) atoms. The molecule has 2 aliphatic heterocycles. The monoisotopic (exact) mass is 811 g/mol. The topological polar surface area (TPSA) is 58.9 Å². The van der Waals surface area contributed by atoms with Crippen LogP contribution < -0.4 is 11.1 Å². The Hall–Kier alpha value is -7.57. The summed E-state index contributed by atoms with van der Waals surface area (Å²) in [4.78, 5) is 8.15. The smallest absolute Gasteiger partial charge is 0.145 e. The summed E-state index contributed by atoms with van der Waals surface area (Å²) < 4.78 is 2.46. The molecule has 0 amide bonds. The first kappa shape index (κ1) is 37.2. The van der Waals surface area contributed by atoms with Crippen molar-refractivity contribution in [2.75, 3.05) is 6.54 Å². The third kappa shape index (κ3) is 6.70. The molecule has 1 fully saturated rings. The van der Waals surface area contributed by atoms with Crippen molar-refractivity contribution in [2.24, 2.45) is 5.73 Å². The standard InChI is InChI=1S/C58H45N5/c59-51(44-28-22-40(23-29-44)39-14-5-2-6-15-39)34-52(60-35-38-12-3-1-4-13-38)45-30-24-41(25-31-45)42-26-32-46(33-27-42)58-61-56-49-20-10-9-19-48(49)55-50(36-62-37-54(55)62)57(56)63(58)53-21-11-17-43-16-7-8-18-47(43)53/h1-34,51,54,60H,35-37,59H2/b52-34-. The van der Waals surface area contributed by atoms with Crippen molar-refractivity contribution >= 4 is 38.3 Å². The van der Waals surface area contributed by atoms with Gasteiger partial charge in [0.25, 0.3) is 0 Å². The third-order valence-electron chi connectivity index (χ3n) is 13.1. The van der Waals surface area contributed by atoms with Gasteiger partial charge in [0.1, 0.15) is 5.82 Å². The van der Waals surface area contributed by atoms with E-state index in [0.29, 0.717) is 12.6 Å². The second kappa shape index (κ2) is 15.4. The van der Waals surface area contributed by atoms with Gasteiger partial charge in [-0.2, -0.15) is 0 Å². The molecule has 2 aliphatic rings. The zero-order valence-corrected chi connectivity index (χ0v) is 34.8. The van der Waals surface area contributed by atoms with Crippen molar-refractivity contribution in [2.45, 2.75) is 25.2 Å². The Kier molecular flexibility index (Phi) is 9.10. The Morgan fingerprint density at radius 2 is 1.19 bits per heavy atom. The van der Waals surface area contributed by atoms with Crippen LogP contribution in [0.3, 0.4) is 0 Å². The van der Waals surface area contributed by atoms with Gasteiger partial charge in [0.2, 0.25) is 0 Å². The molecule has 1 aromatic heterocycles. The summed E-state index contributed by atoms with van der Waals surface area (Å²) in [6.07, 6.45) is 2.14. The molecular weight excluding hydrogens is 767 g/mol. The normalized spacial score (nSPS) is 16.0. The molecule has 0 bridgehead atoms. The van der Waals surface area contributed by atoms with E-state index in [1.54, 1.807) is 0 Å². The van der Waals surface area contributed by atoms with E-state index >= 15 is 0 Å². The molecule has 0 radical (unpaired) electrons. The highest BCUT2D eigenvalue weighted by Gasteiger charge is 2.45. The quantitative estimate of drug-likeness (QED) is 0.135. The number of imidazole rings is 1. The Morgan fingerprint density at radius 3 is 1.94 bits per heavy atom. The lowest BCUT2D eigenvalue weighted by Gasteiger charge is -2.17. The maximum atomic E-state index is 6.91. The van der Waals surface area contributed by atoms with Crippen LogP contribution in [0.25, 0.3) is 77.6 Å². The molecule has 302 valence electrons. The molecule has 5 heteroatoms. The number of benzene rings is 9. The van der Waals surface area contributed by atoms with E-state index in [2.05, 4.69) is 215 Å². The molecule has 3 N–H and O–H groups in total. The van der Waals surface area contributed by atoms with Gasteiger partial charge in [-0.15, -0.1) is 0 Å². The SMILES string of the molecule is NC(/C=C(\NCc1ccccc1)c1ccc(-c2ccc(-c3nc4c5ccccc5c5c(c4n3-c3cccc4ccccc34)CN3CC53)cc2)cc1)c1ccc(-c2ccccc2)cc1. The molecule has 1 saturated heterocycles. The molecule has 3 heterocycles. The van der Waals surface area contributed by atoms with E-state index in [4.69, 9.17) is 10.7 Å². The predicted molar refractivity (Wildman–Crippen MR) is 260 cm³/mol. The fourth-order valence-electron chi connectivity index (χ4n) is 9.81. The molecule has 10 aromatic rings. The minimum absolute atomic E-state index is 0.291. The summed E-state index contributed by atoms with van der Waals surface area (Å²) in [5.41, 5.74) is 23.4. The highest BCUT2D eigenvalue weighted by Crippen LogP contribution is 2.52. The van der Waals surface area contributed by atoms with Crippen molar-refractivity contribution < 1.29 is 0 Å². The first-order valence-electron chi connectivity index (χ1n) is 21.9. The van der Waals surface area contributed by atoms with Crippen molar-refractivity contribution in [1.82, 2.24) is 19.8 Å². The molecule has 3 atom stereocenters. The molecule has 0 spiro atoms. The number of nitrogens with zero attached hydrogens (tertiary/aromatic N) is 3. The summed E-state index contributed by atoms with van der Waals surface area (Å²) in [6.45, 7) is 2.79. The molecule has 9 aromatic carbocycles. The Balaban J connectivity index is 0.898. The van der Waals surface area contributed by atoms with E-state index < -0.39 is 0 Å². The predicted octanol–water partition coefficient (Wildman–Crippen LogP) is 13.0. The second-order valence-electron chi connectivity index (χ2n) is 16.9. The number of nitrogens with one attached hydrogen (secondary N) is 1. The molecule has 0 aliphatic carbocycles. The van der Waals surface area contributed by atoms with Crippen molar-refractivity contribution in [1.29, 1.82) is 0 Å². The number of fused-ring (bicyclic) bond motifs is 9. The number of rotatable bonds is 10. The van der Waals surface area contributed by atoms with Crippen LogP contribution in [0.15, 0.2) is 206 Å². The molecular formula is C58H45N5. The van der Waals surface area contributed by atoms with E-state index in [1.165, 1.54) is 54.9 Å². The fraction of sp³-hybridized carbons (Fsp3) is 0.0862. The second-order valence-corrected chi connectivity index (χ2v) is 16.9. The number of aromatic nitrogens is 2. The van der Waals surface area contributed by atoms with Gasteiger partial charge in [0.05, 0.1) is 22.8 Å². The summed E-state index contributed by atoms with van der Waals surface area (Å²) in [6, 6.07) is 71.7. The molecule has 5 nitrogen and oxygen atoms in total. The average Bonchev–Trinajstić information content (AvgIpc) is 3.83. The Morgan fingerprint density at radius 1 is 0.603 bits per heavy atom. The first-order valence-corrected chi connectivity index (χ1v) is 21.9. The highest BCUT2D eigenvalue weighted by molar-refractivity contribution is 6.11. The van der Waals surface area contributed by atoms with Crippen LogP contribution >= 0.6 is 0 Å². The van der Waals surface area contributed by atoms with Crippen LogP contribution in [-0.4, -0.2) is 21.0 Å². The summed E-state index contributed by atoms with van der Waals surface area (Å²) in [7, 11) is 0. The van der Waals surface area contributed by atoms with Gasteiger partial charge < -0.3 is 11.1 Å². The lowest BCUT2D eigenvalue weighted by atomic mass is 9.95. The van der Waals surface area contributed by atoms with Gasteiger partial charge in [-0.05, 0) is 73.0 Å². The maximum Gasteiger partial charge on any atom is 0.145 e. The van der Waals surface area contributed by atoms with Crippen LogP contribution in [-0.2, 0) is 13.1 Å². The van der Waals surface area contributed by atoms with Gasteiger partial charge in [-0.3, -0.25) is 9.47 Å². The Bertz CT molecular complexity index is 3330. The third-order valence-corrected chi connectivity index (χ3v) is 13.1. The lowest BCUT2D eigenvalue weighted by molar-refractivity contribution is 0.549. The van der Waals surface area contributed by atoms with E-state index in [-0.39, 0.29) is 6.04 Å². The molecule has 0 saturated carbocycles. The average molecular weight is 812 g/mol. The van der Waals surface area contributed by atoms with Crippen LogP contribution in [0.2, 0.25) is 0 Å². The van der Waals surface area contributed by atoms with Gasteiger partial charge >= 0.3 is 0 Å². The summed E-state index contributed by atoms with van der Waals surface area (Å²) in [5, 5.41) is 8.72. The number of hydrogen-bond acceptors (Lipinski definition) is 4. The van der Waals surface area contributed by atoms with Gasteiger partial charge in [-0.1, -0.05) is 194 Å². The minimum atomic E-state index is -0.291. The van der Waals surface area contributed by atoms with Crippen LogP contribution in [0.4, 0.5) is 0 Å². The van der Waals surface area contributed by atoms with Crippen LogP contribution in [0.5, 0.6) is 0 Å². The van der Waals surface area contributed by atoms with E-state index in [0.717, 1.165) is 63.6 Å². The highest BCUT2D eigenvalue weighted by atomic mass is 15.3. The summed E-state index contributed by atoms with van der Waals surface area (Å²) >= 11 is 0. The maximum absolute atomic E-state index is 6.91. The number of hydrogen-bond donors (Lipinski definition) is 2. The van der Waals surface area contributed by atoms with Gasteiger partial charge in [0, 0.05) is 47.7 Å². The largest absolute Gasteiger partial charge is 0.381 e. The first-order chi connectivity index (χ1) is 31.1. The minimum Gasteiger partial charge on any atom is -0.381 e. The van der Waals surface area contributed by atoms with Crippen molar-refractivity contribution in [3.05, 3.63) is 234 Å². The zero-order chi connectivity index (χ0) is 41.9. The zero-order valence-electron chi connectivity index (χ0n) is 34.8. The molecule has 3 unspecified atom stereocenters. The number of nitrogens with two attached hydrogens (primary N) is 1. The van der Waals surface area contributed by atoms with Crippen molar-refractivity contribution in [3.8, 4) is 39.3 Å². The van der Waals surface area contributed by atoms with Crippen LogP contribution in [0, 0.1) is 0 Å². The molecule has 12 rings (SSSR count). The van der Waals surface area contributed by atoms with E-state index in [9.17, 15) is 0 Å².